The van der Waals surface area contributed by atoms with Crippen LogP contribution in [-0.2, 0) is 4.74 Å². The molecule has 0 aliphatic carbocycles. The largest absolute Gasteiger partial charge is 0.379 e. The van der Waals surface area contributed by atoms with E-state index >= 15 is 0 Å². The van der Waals surface area contributed by atoms with Crippen LogP contribution in [0.3, 0.4) is 0 Å². The third-order valence-electron chi connectivity index (χ3n) is 1.12. The fourth-order valence-electron chi connectivity index (χ4n) is 0.662. The van der Waals surface area contributed by atoms with Gasteiger partial charge < -0.3 is 4.74 Å². The van der Waals surface area contributed by atoms with Crippen molar-refractivity contribution in [2.75, 3.05) is 19.1 Å². The Hall–Kier alpha value is 0.540. The van der Waals surface area contributed by atoms with Crippen LogP contribution in [0.1, 0.15) is 19.8 Å². The van der Waals surface area contributed by atoms with Crippen LogP contribution < -0.4 is 0 Å². The standard InChI is InChI=1S/C7H14Cl2O/c1-2-3-7(9)6-10-5-4-8/h7H,2-6H2,1H3. The van der Waals surface area contributed by atoms with Gasteiger partial charge in [0.2, 0.25) is 0 Å². The molecule has 0 saturated heterocycles. The molecule has 1 unspecified atom stereocenters. The Labute approximate surface area is 72.6 Å². The van der Waals surface area contributed by atoms with Gasteiger partial charge in [-0.2, -0.15) is 0 Å². The van der Waals surface area contributed by atoms with Gasteiger partial charge in [-0.3, -0.25) is 0 Å². The minimum atomic E-state index is 0.160. The average molecular weight is 185 g/mol. The summed E-state index contributed by atoms with van der Waals surface area (Å²) in [5.74, 6) is 0.551. The Morgan fingerprint density at radius 2 is 2.20 bits per heavy atom. The highest BCUT2D eigenvalue weighted by atomic mass is 35.5. The molecule has 62 valence electrons. The second-order valence-electron chi connectivity index (χ2n) is 2.15. The highest BCUT2D eigenvalue weighted by Crippen LogP contribution is 2.04. The van der Waals surface area contributed by atoms with Gasteiger partial charge in [0, 0.05) is 5.88 Å². The van der Waals surface area contributed by atoms with E-state index in [4.69, 9.17) is 27.9 Å². The molecule has 0 heterocycles. The maximum atomic E-state index is 5.85. The van der Waals surface area contributed by atoms with Crippen LogP contribution in [0, 0.1) is 0 Å². The van der Waals surface area contributed by atoms with E-state index in [0.29, 0.717) is 19.1 Å². The van der Waals surface area contributed by atoms with Crippen molar-refractivity contribution >= 4 is 23.2 Å². The fraction of sp³-hybridized carbons (Fsp3) is 1.00. The van der Waals surface area contributed by atoms with Gasteiger partial charge in [0.05, 0.1) is 18.6 Å². The first-order chi connectivity index (χ1) is 4.81. The maximum Gasteiger partial charge on any atom is 0.0630 e. The Bertz CT molecular complexity index is 68.6. The Morgan fingerprint density at radius 3 is 2.70 bits per heavy atom. The van der Waals surface area contributed by atoms with E-state index in [1.165, 1.54) is 0 Å². The number of ether oxygens (including phenoxy) is 1. The van der Waals surface area contributed by atoms with Crippen molar-refractivity contribution in [3.8, 4) is 0 Å². The van der Waals surface area contributed by atoms with E-state index < -0.39 is 0 Å². The Balaban J connectivity index is 2.97. The third kappa shape index (κ3) is 6.66. The summed E-state index contributed by atoms with van der Waals surface area (Å²) in [6.45, 7) is 3.34. The summed E-state index contributed by atoms with van der Waals surface area (Å²) in [6, 6.07) is 0. The fourth-order valence-corrected chi connectivity index (χ4v) is 1.08. The van der Waals surface area contributed by atoms with Gasteiger partial charge >= 0.3 is 0 Å². The summed E-state index contributed by atoms with van der Waals surface area (Å²) in [6.07, 6.45) is 2.13. The first-order valence-electron chi connectivity index (χ1n) is 3.59. The van der Waals surface area contributed by atoms with E-state index in [0.717, 1.165) is 12.8 Å². The smallest absolute Gasteiger partial charge is 0.0630 e. The number of rotatable bonds is 6. The summed E-state index contributed by atoms with van der Waals surface area (Å²) in [4.78, 5) is 0. The van der Waals surface area contributed by atoms with Gasteiger partial charge in [0.25, 0.3) is 0 Å². The van der Waals surface area contributed by atoms with Crippen LogP contribution in [0.5, 0.6) is 0 Å². The number of hydrogen-bond acceptors (Lipinski definition) is 1. The summed E-state index contributed by atoms with van der Waals surface area (Å²) >= 11 is 11.2. The second kappa shape index (κ2) is 7.64. The minimum Gasteiger partial charge on any atom is -0.379 e. The predicted molar refractivity (Wildman–Crippen MR) is 46.1 cm³/mol. The molecular formula is C7H14Cl2O. The summed E-state index contributed by atoms with van der Waals surface area (Å²) < 4.78 is 5.13. The van der Waals surface area contributed by atoms with Gasteiger partial charge in [-0.05, 0) is 6.42 Å². The van der Waals surface area contributed by atoms with Crippen LogP contribution in [0.15, 0.2) is 0 Å². The molecule has 0 aromatic carbocycles. The lowest BCUT2D eigenvalue weighted by Gasteiger charge is -2.06. The van der Waals surface area contributed by atoms with Crippen molar-refractivity contribution in [1.29, 1.82) is 0 Å². The summed E-state index contributed by atoms with van der Waals surface area (Å²) in [5.41, 5.74) is 0. The topological polar surface area (TPSA) is 9.23 Å². The van der Waals surface area contributed by atoms with Crippen LogP contribution in [0.4, 0.5) is 0 Å². The van der Waals surface area contributed by atoms with Crippen LogP contribution in [0.25, 0.3) is 0 Å². The van der Waals surface area contributed by atoms with Crippen molar-refractivity contribution in [2.24, 2.45) is 0 Å². The van der Waals surface area contributed by atoms with Crippen molar-refractivity contribution in [2.45, 2.75) is 25.1 Å². The van der Waals surface area contributed by atoms with Crippen LogP contribution in [0.2, 0.25) is 0 Å². The van der Waals surface area contributed by atoms with Crippen molar-refractivity contribution in [3.63, 3.8) is 0 Å². The number of halogens is 2. The molecule has 0 aromatic heterocycles. The molecule has 0 rings (SSSR count). The second-order valence-corrected chi connectivity index (χ2v) is 3.15. The van der Waals surface area contributed by atoms with E-state index in [-0.39, 0.29) is 5.38 Å². The zero-order chi connectivity index (χ0) is 7.82. The lowest BCUT2D eigenvalue weighted by Crippen LogP contribution is -2.09. The van der Waals surface area contributed by atoms with Gasteiger partial charge in [-0.25, -0.2) is 0 Å². The highest BCUT2D eigenvalue weighted by Gasteiger charge is 2.01. The highest BCUT2D eigenvalue weighted by molar-refractivity contribution is 6.20. The molecule has 0 radical (unpaired) electrons. The van der Waals surface area contributed by atoms with Crippen LogP contribution >= 0.6 is 23.2 Å². The zero-order valence-electron chi connectivity index (χ0n) is 6.28. The molecule has 0 aliphatic rings. The molecule has 0 aliphatic heterocycles. The molecule has 1 nitrogen and oxygen atoms in total. The van der Waals surface area contributed by atoms with Gasteiger partial charge in [-0.1, -0.05) is 13.3 Å². The third-order valence-corrected chi connectivity index (χ3v) is 1.62. The first-order valence-corrected chi connectivity index (χ1v) is 4.56. The normalized spacial score (nSPS) is 13.5. The van der Waals surface area contributed by atoms with E-state index in [2.05, 4.69) is 6.92 Å². The molecule has 0 spiro atoms. The van der Waals surface area contributed by atoms with Gasteiger partial charge in [-0.15, -0.1) is 23.2 Å². The quantitative estimate of drug-likeness (QED) is 0.456. The monoisotopic (exact) mass is 184 g/mol. The molecule has 0 N–H and O–H groups in total. The minimum absolute atomic E-state index is 0.160. The van der Waals surface area contributed by atoms with Crippen molar-refractivity contribution in [3.05, 3.63) is 0 Å². The molecule has 0 saturated carbocycles. The van der Waals surface area contributed by atoms with Gasteiger partial charge in [0.1, 0.15) is 0 Å². The molecule has 10 heavy (non-hydrogen) atoms. The summed E-state index contributed by atoms with van der Waals surface area (Å²) in [5, 5.41) is 0.160. The average Bonchev–Trinajstić information content (AvgIpc) is 1.89. The molecule has 3 heteroatoms. The Morgan fingerprint density at radius 1 is 1.50 bits per heavy atom. The SMILES string of the molecule is CCCC(Cl)COCCCl. The van der Waals surface area contributed by atoms with Gasteiger partial charge in [0.15, 0.2) is 0 Å². The zero-order valence-corrected chi connectivity index (χ0v) is 7.79. The molecular weight excluding hydrogens is 171 g/mol. The molecule has 1 atom stereocenters. The number of alkyl halides is 2. The van der Waals surface area contributed by atoms with Crippen LogP contribution in [-0.4, -0.2) is 24.5 Å². The van der Waals surface area contributed by atoms with Crippen molar-refractivity contribution < 1.29 is 4.74 Å². The molecule has 0 aromatic rings. The lowest BCUT2D eigenvalue weighted by molar-refractivity contribution is 0.147. The molecule has 0 amide bonds. The number of hydrogen-bond donors (Lipinski definition) is 0. The van der Waals surface area contributed by atoms with E-state index in [1.807, 2.05) is 0 Å². The lowest BCUT2D eigenvalue weighted by atomic mass is 10.2. The van der Waals surface area contributed by atoms with E-state index in [1.54, 1.807) is 0 Å². The molecule has 0 bridgehead atoms. The molecule has 0 fully saturated rings. The Kier molecular flexibility index (Phi) is 8.06. The summed E-state index contributed by atoms with van der Waals surface area (Å²) in [7, 11) is 0. The maximum absolute atomic E-state index is 5.85. The van der Waals surface area contributed by atoms with Crippen molar-refractivity contribution in [1.82, 2.24) is 0 Å². The van der Waals surface area contributed by atoms with E-state index in [9.17, 15) is 0 Å². The first kappa shape index (κ1) is 10.5. The predicted octanol–water partition coefficient (Wildman–Crippen LogP) is 2.65.